The van der Waals surface area contributed by atoms with Gasteiger partial charge < -0.3 is 0 Å². The van der Waals surface area contributed by atoms with Gasteiger partial charge in [-0.25, -0.2) is 0 Å². The molecule has 0 spiro atoms. The zero-order valence-corrected chi connectivity index (χ0v) is 9.28. The Morgan fingerprint density at radius 3 is 2.47 bits per heavy atom. The molecule has 0 aliphatic carbocycles. The third-order valence-electron chi connectivity index (χ3n) is 2.14. The van der Waals surface area contributed by atoms with E-state index in [0.29, 0.717) is 5.56 Å². The molecule has 3 heteroatoms. The Kier molecular flexibility index (Phi) is 3.35. The summed E-state index contributed by atoms with van der Waals surface area (Å²) in [6.07, 6.45) is 3.04. The van der Waals surface area contributed by atoms with Crippen LogP contribution in [0, 0.1) is 5.41 Å². The number of carbonyl (C=O) groups is 2. The number of carbonyl (C=O) groups excluding carboxylic acids is 2. The molecule has 0 aromatic carbocycles. The van der Waals surface area contributed by atoms with Gasteiger partial charge in [0.2, 0.25) is 0 Å². The fourth-order valence-corrected chi connectivity index (χ4v) is 1.04. The lowest BCUT2D eigenvalue weighted by atomic mass is 9.87. The highest BCUT2D eigenvalue weighted by Gasteiger charge is 2.23. The second kappa shape index (κ2) is 4.34. The highest BCUT2D eigenvalue weighted by atomic mass is 16.1. The van der Waals surface area contributed by atoms with Gasteiger partial charge in [0.05, 0.1) is 6.42 Å². The van der Waals surface area contributed by atoms with Gasteiger partial charge in [-0.3, -0.25) is 14.6 Å². The van der Waals surface area contributed by atoms with Crippen molar-refractivity contribution in [2.24, 2.45) is 5.41 Å². The fourth-order valence-electron chi connectivity index (χ4n) is 1.04. The molecule has 1 rings (SSSR count). The minimum atomic E-state index is -0.460. The molecule has 3 nitrogen and oxygen atoms in total. The zero-order chi connectivity index (χ0) is 11.5. The molecule has 0 atom stereocenters. The molecular weight excluding hydrogens is 190 g/mol. The van der Waals surface area contributed by atoms with E-state index >= 15 is 0 Å². The number of aromatic nitrogens is 1. The second-order valence-corrected chi connectivity index (χ2v) is 4.51. The minimum absolute atomic E-state index is 0.0450. The maximum absolute atomic E-state index is 11.6. The van der Waals surface area contributed by atoms with Gasteiger partial charge in [-0.15, -0.1) is 0 Å². The van der Waals surface area contributed by atoms with Gasteiger partial charge in [-0.05, 0) is 12.1 Å². The van der Waals surface area contributed by atoms with Gasteiger partial charge in [-0.1, -0.05) is 20.8 Å². The van der Waals surface area contributed by atoms with Crippen LogP contribution in [-0.2, 0) is 4.79 Å². The average Bonchev–Trinajstić information content (AvgIpc) is 2.17. The molecule has 0 aliphatic heterocycles. The van der Waals surface area contributed by atoms with Crippen molar-refractivity contribution in [3.63, 3.8) is 0 Å². The van der Waals surface area contributed by atoms with Gasteiger partial charge >= 0.3 is 0 Å². The largest absolute Gasteiger partial charge is 0.299 e. The Morgan fingerprint density at radius 1 is 1.33 bits per heavy atom. The van der Waals surface area contributed by atoms with Crippen molar-refractivity contribution in [1.82, 2.24) is 4.98 Å². The van der Waals surface area contributed by atoms with Crippen LogP contribution in [0.3, 0.4) is 0 Å². The lowest BCUT2D eigenvalue weighted by molar-refractivity contribution is -0.125. The standard InChI is InChI=1S/C12H15NO2/c1-12(2,3)11(15)7-10(14)9-5-4-6-13-8-9/h4-6,8H,7H2,1-3H3. The molecular formula is C12H15NO2. The van der Waals surface area contributed by atoms with E-state index in [0.717, 1.165) is 0 Å². The third kappa shape index (κ3) is 3.27. The SMILES string of the molecule is CC(C)(C)C(=O)CC(=O)c1cccnc1. The number of nitrogens with zero attached hydrogens (tertiary/aromatic N) is 1. The van der Waals surface area contributed by atoms with E-state index in [-0.39, 0.29) is 18.0 Å². The predicted octanol–water partition coefficient (Wildman–Crippen LogP) is 2.27. The molecule has 0 N–H and O–H groups in total. The molecule has 0 aliphatic rings. The Morgan fingerprint density at radius 2 is 2.00 bits per heavy atom. The summed E-state index contributed by atoms with van der Waals surface area (Å²) in [5, 5.41) is 0. The molecule has 1 heterocycles. The van der Waals surface area contributed by atoms with Crippen molar-refractivity contribution in [3.8, 4) is 0 Å². The highest BCUT2D eigenvalue weighted by molar-refractivity contribution is 6.09. The van der Waals surface area contributed by atoms with E-state index in [1.54, 1.807) is 18.3 Å². The van der Waals surface area contributed by atoms with Crippen LogP contribution >= 0.6 is 0 Å². The molecule has 1 aromatic rings. The first kappa shape index (κ1) is 11.6. The molecule has 1 aromatic heterocycles. The van der Waals surface area contributed by atoms with E-state index in [4.69, 9.17) is 0 Å². The van der Waals surface area contributed by atoms with Crippen molar-refractivity contribution >= 4 is 11.6 Å². The first-order valence-corrected chi connectivity index (χ1v) is 4.88. The number of ketones is 2. The molecule has 0 saturated carbocycles. The summed E-state index contributed by atoms with van der Waals surface area (Å²) in [6, 6.07) is 3.36. The lowest BCUT2D eigenvalue weighted by Gasteiger charge is -2.15. The van der Waals surface area contributed by atoms with Gasteiger partial charge in [0, 0.05) is 23.4 Å². The number of hydrogen-bond acceptors (Lipinski definition) is 3. The Balaban J connectivity index is 2.70. The van der Waals surface area contributed by atoms with Crippen molar-refractivity contribution in [2.75, 3.05) is 0 Å². The zero-order valence-electron chi connectivity index (χ0n) is 9.28. The first-order chi connectivity index (χ1) is 6.91. The van der Waals surface area contributed by atoms with Crippen LogP contribution in [0.1, 0.15) is 37.6 Å². The molecule has 0 saturated heterocycles. The maximum atomic E-state index is 11.6. The van der Waals surface area contributed by atoms with Crippen LogP contribution in [0.4, 0.5) is 0 Å². The molecule has 0 bridgehead atoms. The van der Waals surface area contributed by atoms with Gasteiger partial charge in [0.1, 0.15) is 5.78 Å². The van der Waals surface area contributed by atoms with Crippen LogP contribution in [0.2, 0.25) is 0 Å². The summed E-state index contributed by atoms with van der Waals surface area (Å²) in [4.78, 5) is 27.1. The van der Waals surface area contributed by atoms with E-state index < -0.39 is 5.41 Å². The summed E-state index contributed by atoms with van der Waals surface area (Å²) in [5.41, 5.74) is 0.0350. The van der Waals surface area contributed by atoms with Crippen molar-refractivity contribution < 1.29 is 9.59 Å². The van der Waals surface area contributed by atoms with E-state index in [1.807, 2.05) is 20.8 Å². The second-order valence-electron chi connectivity index (χ2n) is 4.51. The summed E-state index contributed by atoms with van der Waals surface area (Å²) in [5.74, 6) is -0.209. The maximum Gasteiger partial charge on any atom is 0.171 e. The monoisotopic (exact) mass is 205 g/mol. The van der Waals surface area contributed by atoms with Gasteiger partial charge in [-0.2, -0.15) is 0 Å². The minimum Gasteiger partial charge on any atom is -0.299 e. The Bertz CT molecular complexity index is 363. The van der Waals surface area contributed by atoms with Crippen LogP contribution in [-0.4, -0.2) is 16.6 Å². The number of rotatable bonds is 3. The van der Waals surface area contributed by atoms with Crippen molar-refractivity contribution in [3.05, 3.63) is 30.1 Å². The highest BCUT2D eigenvalue weighted by Crippen LogP contribution is 2.18. The van der Waals surface area contributed by atoms with Crippen molar-refractivity contribution in [2.45, 2.75) is 27.2 Å². The van der Waals surface area contributed by atoms with Crippen LogP contribution in [0.5, 0.6) is 0 Å². The normalized spacial score (nSPS) is 11.1. The number of Topliss-reactive ketones (excluding diaryl/α,β-unsaturated/α-hetero) is 2. The van der Waals surface area contributed by atoms with Crippen LogP contribution in [0.15, 0.2) is 24.5 Å². The third-order valence-corrected chi connectivity index (χ3v) is 2.14. The molecule has 80 valence electrons. The smallest absolute Gasteiger partial charge is 0.171 e. The van der Waals surface area contributed by atoms with Crippen LogP contribution < -0.4 is 0 Å². The topological polar surface area (TPSA) is 47.0 Å². The molecule has 0 fully saturated rings. The van der Waals surface area contributed by atoms with E-state index in [2.05, 4.69) is 4.98 Å². The van der Waals surface area contributed by atoms with Gasteiger partial charge in [0.15, 0.2) is 5.78 Å². The molecule has 0 radical (unpaired) electrons. The lowest BCUT2D eigenvalue weighted by Crippen LogP contribution is -2.23. The van der Waals surface area contributed by atoms with Gasteiger partial charge in [0.25, 0.3) is 0 Å². The summed E-state index contributed by atoms with van der Waals surface area (Å²) in [6.45, 7) is 5.43. The molecule has 0 amide bonds. The quantitative estimate of drug-likeness (QED) is 0.561. The summed E-state index contributed by atoms with van der Waals surface area (Å²) < 4.78 is 0. The van der Waals surface area contributed by atoms with E-state index in [9.17, 15) is 9.59 Å². The Hall–Kier alpha value is -1.51. The van der Waals surface area contributed by atoms with Crippen LogP contribution in [0.25, 0.3) is 0 Å². The molecule has 15 heavy (non-hydrogen) atoms. The summed E-state index contributed by atoms with van der Waals surface area (Å²) in [7, 11) is 0. The van der Waals surface area contributed by atoms with E-state index in [1.165, 1.54) is 6.20 Å². The first-order valence-electron chi connectivity index (χ1n) is 4.88. The fraction of sp³-hybridized carbons (Fsp3) is 0.417. The molecule has 0 unspecified atom stereocenters. The Labute approximate surface area is 89.5 Å². The van der Waals surface area contributed by atoms with Crippen molar-refractivity contribution in [1.29, 1.82) is 0 Å². The average molecular weight is 205 g/mol. The summed E-state index contributed by atoms with van der Waals surface area (Å²) >= 11 is 0. The number of pyridine rings is 1. The number of hydrogen-bond donors (Lipinski definition) is 0. The predicted molar refractivity (Wildman–Crippen MR) is 57.6 cm³/mol.